The lowest BCUT2D eigenvalue weighted by Gasteiger charge is -2.42. The number of ether oxygens (including phenoxy) is 1. The number of hydroxylamine groups is 2. The number of rotatable bonds is 1. The number of hydrogen-bond acceptors (Lipinski definition) is 2. The third-order valence-electron chi connectivity index (χ3n) is 2.46. The van der Waals surface area contributed by atoms with Crippen molar-refractivity contribution in [2.75, 3.05) is 20.3 Å². The third-order valence-corrected chi connectivity index (χ3v) is 2.46. The molecule has 0 saturated carbocycles. The predicted molar refractivity (Wildman–Crippen MR) is 43.3 cm³/mol. The van der Waals surface area contributed by atoms with Crippen molar-refractivity contribution in [1.29, 1.82) is 0 Å². The highest BCUT2D eigenvalue weighted by Gasteiger charge is 2.36. The number of quaternary nitrogens is 1. The topological polar surface area (TPSA) is 36.7 Å². The van der Waals surface area contributed by atoms with Crippen LogP contribution in [0, 0.1) is 10.6 Å². The Balaban J connectivity index is 2.60. The van der Waals surface area contributed by atoms with Crippen molar-refractivity contribution in [1.82, 2.24) is 0 Å². The molecule has 3 heteroatoms. The summed E-state index contributed by atoms with van der Waals surface area (Å²) in [6.45, 7) is 5.65. The van der Waals surface area contributed by atoms with E-state index in [-0.39, 0.29) is 11.5 Å². The van der Waals surface area contributed by atoms with Crippen molar-refractivity contribution in [2.45, 2.75) is 26.3 Å². The summed E-state index contributed by atoms with van der Waals surface area (Å²) in [7, 11) is 1.68. The van der Waals surface area contributed by atoms with E-state index >= 15 is 0 Å². The van der Waals surface area contributed by atoms with Crippen LogP contribution in [-0.4, -0.2) is 26.3 Å². The van der Waals surface area contributed by atoms with Gasteiger partial charge in [-0.3, -0.25) is 0 Å². The van der Waals surface area contributed by atoms with Gasteiger partial charge in [-0.2, -0.15) is 0 Å². The lowest BCUT2D eigenvalue weighted by Crippen LogP contribution is -3.10. The normalized spacial score (nSPS) is 33.3. The van der Waals surface area contributed by atoms with Crippen molar-refractivity contribution >= 4 is 0 Å². The molecule has 0 spiro atoms. The molecule has 0 amide bonds. The first-order valence-electron chi connectivity index (χ1n) is 4.12. The highest BCUT2D eigenvalue weighted by atomic mass is 16.5. The van der Waals surface area contributed by atoms with Crippen molar-refractivity contribution < 1.29 is 9.80 Å². The van der Waals surface area contributed by atoms with Crippen LogP contribution in [0.3, 0.4) is 0 Å². The number of hydrogen-bond donors (Lipinski definition) is 1. The fourth-order valence-electron chi connectivity index (χ4n) is 1.78. The first-order chi connectivity index (χ1) is 5.04. The van der Waals surface area contributed by atoms with Gasteiger partial charge in [0.1, 0.15) is 0 Å². The largest absolute Gasteiger partial charge is 0.634 e. The maximum atomic E-state index is 11.2. The van der Waals surface area contributed by atoms with Crippen molar-refractivity contribution in [2.24, 2.45) is 5.41 Å². The van der Waals surface area contributed by atoms with E-state index in [4.69, 9.17) is 4.74 Å². The maximum Gasteiger partial charge on any atom is 0.0965 e. The molecular formula is C8H17NO2. The second-order valence-electron chi connectivity index (χ2n) is 3.99. The maximum absolute atomic E-state index is 11.2. The molecule has 0 aromatic heterocycles. The van der Waals surface area contributed by atoms with E-state index in [1.807, 2.05) is 0 Å². The van der Waals surface area contributed by atoms with Crippen LogP contribution in [0.5, 0.6) is 0 Å². The average Bonchev–Trinajstić information content (AvgIpc) is 1.85. The van der Waals surface area contributed by atoms with E-state index in [0.29, 0.717) is 5.06 Å². The summed E-state index contributed by atoms with van der Waals surface area (Å²) in [5.74, 6) is 0. The van der Waals surface area contributed by atoms with Crippen LogP contribution < -0.4 is 5.06 Å². The SMILES string of the molecule is C[NH+]([O-])C1CCOCC1(C)C. The molecule has 1 aliphatic rings. The van der Waals surface area contributed by atoms with Gasteiger partial charge >= 0.3 is 0 Å². The molecule has 1 aliphatic heterocycles. The Labute approximate surface area is 67.9 Å². The van der Waals surface area contributed by atoms with E-state index in [2.05, 4.69) is 13.8 Å². The van der Waals surface area contributed by atoms with E-state index < -0.39 is 0 Å². The molecule has 2 unspecified atom stereocenters. The van der Waals surface area contributed by atoms with Gasteiger partial charge in [-0.25, -0.2) is 0 Å². The summed E-state index contributed by atoms with van der Waals surface area (Å²) in [5, 5.41) is 11.5. The minimum atomic E-state index is 0.0457. The van der Waals surface area contributed by atoms with Crippen molar-refractivity contribution in [3.8, 4) is 0 Å². The Hall–Kier alpha value is -0.120. The lowest BCUT2D eigenvalue weighted by molar-refractivity contribution is -0.865. The van der Waals surface area contributed by atoms with Gasteiger partial charge in [-0.1, -0.05) is 13.8 Å². The summed E-state index contributed by atoms with van der Waals surface area (Å²) in [5.41, 5.74) is 0.0457. The molecule has 0 bridgehead atoms. The highest BCUT2D eigenvalue weighted by molar-refractivity contribution is 4.80. The minimum Gasteiger partial charge on any atom is -0.634 e. The van der Waals surface area contributed by atoms with Crippen LogP contribution in [0.1, 0.15) is 20.3 Å². The molecule has 3 nitrogen and oxygen atoms in total. The van der Waals surface area contributed by atoms with Gasteiger partial charge in [0.2, 0.25) is 0 Å². The molecule has 1 N–H and O–H groups in total. The molecule has 0 radical (unpaired) electrons. The predicted octanol–water partition coefficient (Wildman–Crippen LogP) is -0.186. The smallest absolute Gasteiger partial charge is 0.0965 e. The van der Waals surface area contributed by atoms with Crippen molar-refractivity contribution in [3.63, 3.8) is 0 Å². The molecule has 1 rings (SSSR count). The molecule has 11 heavy (non-hydrogen) atoms. The Morgan fingerprint density at radius 3 is 2.55 bits per heavy atom. The summed E-state index contributed by atoms with van der Waals surface area (Å²) in [6, 6.07) is 0.205. The molecule has 0 aliphatic carbocycles. The Bertz CT molecular complexity index is 134. The Morgan fingerprint density at radius 2 is 2.18 bits per heavy atom. The molecule has 0 aromatic carbocycles. The van der Waals surface area contributed by atoms with E-state index in [1.54, 1.807) is 7.05 Å². The first kappa shape index (κ1) is 8.97. The van der Waals surface area contributed by atoms with Crippen LogP contribution >= 0.6 is 0 Å². The third kappa shape index (κ3) is 1.92. The first-order valence-corrected chi connectivity index (χ1v) is 4.12. The lowest BCUT2D eigenvalue weighted by atomic mass is 9.82. The quantitative estimate of drug-likeness (QED) is 0.539. The molecule has 1 saturated heterocycles. The molecular weight excluding hydrogens is 142 g/mol. The van der Waals surface area contributed by atoms with Crippen LogP contribution in [0.4, 0.5) is 0 Å². The minimum absolute atomic E-state index is 0.0457. The number of nitrogens with one attached hydrogen (secondary N) is 1. The Morgan fingerprint density at radius 1 is 1.55 bits per heavy atom. The monoisotopic (exact) mass is 159 g/mol. The molecule has 66 valence electrons. The summed E-state index contributed by atoms with van der Waals surface area (Å²) in [4.78, 5) is 0. The second kappa shape index (κ2) is 3.09. The summed E-state index contributed by atoms with van der Waals surface area (Å²) in [6.07, 6.45) is 0.891. The van der Waals surface area contributed by atoms with Gasteiger partial charge in [0, 0.05) is 11.8 Å². The van der Waals surface area contributed by atoms with Gasteiger partial charge in [-0.05, 0) is 0 Å². The van der Waals surface area contributed by atoms with Crippen LogP contribution in [0.15, 0.2) is 0 Å². The average molecular weight is 159 g/mol. The van der Waals surface area contributed by atoms with E-state index in [0.717, 1.165) is 19.6 Å². The van der Waals surface area contributed by atoms with E-state index in [1.165, 1.54) is 0 Å². The molecule has 0 aromatic rings. The molecule has 1 fully saturated rings. The second-order valence-corrected chi connectivity index (χ2v) is 3.99. The zero-order valence-corrected chi connectivity index (χ0v) is 7.52. The van der Waals surface area contributed by atoms with Gasteiger partial charge in [0.25, 0.3) is 0 Å². The van der Waals surface area contributed by atoms with Gasteiger partial charge in [0.05, 0.1) is 26.3 Å². The van der Waals surface area contributed by atoms with Crippen LogP contribution in [-0.2, 0) is 4.74 Å². The van der Waals surface area contributed by atoms with Gasteiger partial charge in [0.15, 0.2) is 0 Å². The van der Waals surface area contributed by atoms with Crippen molar-refractivity contribution in [3.05, 3.63) is 5.21 Å². The standard InChI is InChI=1S/C8H17NO2/c1-8(2)6-11-5-4-7(8)9(3)10/h7,9H,4-6H2,1-3H3. The van der Waals surface area contributed by atoms with Gasteiger partial charge < -0.3 is 15.0 Å². The summed E-state index contributed by atoms with van der Waals surface area (Å²) < 4.78 is 5.31. The van der Waals surface area contributed by atoms with Crippen LogP contribution in [0.2, 0.25) is 0 Å². The molecule has 2 atom stereocenters. The fraction of sp³-hybridized carbons (Fsp3) is 1.00. The summed E-state index contributed by atoms with van der Waals surface area (Å²) >= 11 is 0. The van der Waals surface area contributed by atoms with Gasteiger partial charge in [-0.15, -0.1) is 0 Å². The zero-order valence-electron chi connectivity index (χ0n) is 7.52. The zero-order chi connectivity index (χ0) is 8.48. The van der Waals surface area contributed by atoms with E-state index in [9.17, 15) is 5.21 Å². The molecule has 1 heterocycles. The highest BCUT2D eigenvalue weighted by Crippen LogP contribution is 2.25. The fourth-order valence-corrected chi connectivity index (χ4v) is 1.78. The van der Waals surface area contributed by atoms with Crippen LogP contribution in [0.25, 0.3) is 0 Å². The Kier molecular flexibility index (Phi) is 2.52.